The van der Waals surface area contributed by atoms with Crippen LogP contribution in [0.2, 0.25) is 0 Å². The molecule has 28 heavy (non-hydrogen) atoms. The predicted octanol–water partition coefficient (Wildman–Crippen LogP) is 4.21. The van der Waals surface area contributed by atoms with Gasteiger partial charge in [0.25, 0.3) is 0 Å². The van der Waals surface area contributed by atoms with Crippen LogP contribution in [0.4, 0.5) is 5.69 Å². The monoisotopic (exact) mass is 374 g/mol. The smallest absolute Gasteiger partial charge is 0.129 e. The second kappa shape index (κ2) is 6.99. The number of aromatic nitrogens is 2. The molecule has 2 aliphatic heterocycles. The molecular weight excluding hydrogens is 348 g/mol. The van der Waals surface area contributed by atoms with Crippen LogP contribution in [-0.2, 0) is 6.61 Å². The summed E-state index contributed by atoms with van der Waals surface area (Å²) in [6, 6.07) is 14.4. The normalized spacial score (nSPS) is 20.8. The first kappa shape index (κ1) is 17.3. The van der Waals surface area contributed by atoms with Gasteiger partial charge in [-0.3, -0.25) is 5.10 Å². The van der Waals surface area contributed by atoms with Crippen molar-refractivity contribution >= 4 is 5.69 Å². The van der Waals surface area contributed by atoms with Crippen molar-refractivity contribution < 1.29 is 4.74 Å². The minimum atomic E-state index is 0.572. The number of H-pyrrole nitrogens is 1. The highest BCUT2D eigenvalue weighted by molar-refractivity contribution is 5.80. The third-order valence-electron chi connectivity index (χ3n) is 6.13. The van der Waals surface area contributed by atoms with Crippen LogP contribution < -0.4 is 15.0 Å². The molecule has 2 atom stereocenters. The Morgan fingerprint density at radius 3 is 2.82 bits per heavy atom. The quantitative estimate of drug-likeness (QED) is 0.721. The van der Waals surface area contributed by atoms with E-state index in [2.05, 4.69) is 70.8 Å². The van der Waals surface area contributed by atoms with Gasteiger partial charge < -0.3 is 15.0 Å². The van der Waals surface area contributed by atoms with E-state index in [4.69, 9.17) is 4.74 Å². The van der Waals surface area contributed by atoms with Crippen LogP contribution in [0.3, 0.4) is 0 Å². The lowest BCUT2D eigenvalue weighted by atomic mass is 9.93. The summed E-state index contributed by atoms with van der Waals surface area (Å²) >= 11 is 0. The molecule has 0 spiro atoms. The minimum Gasteiger partial charge on any atom is -0.488 e. The standard InChI is InChI=1S/C23H26N4O/c1-15-9-20(7-8-24-15)27(2)19-4-6-22-21-5-3-16(18-12-25-26-13-18)10-17(21)14-28-23(22)11-19/h3-6,10-13,15,20,24H,7-9,14H2,1-2H3,(H,25,26)/t15-,20-/m1/s1. The topological polar surface area (TPSA) is 53.2 Å². The predicted molar refractivity (Wildman–Crippen MR) is 113 cm³/mol. The molecule has 1 aromatic heterocycles. The van der Waals surface area contributed by atoms with Gasteiger partial charge in [0.2, 0.25) is 0 Å². The zero-order valence-corrected chi connectivity index (χ0v) is 16.4. The maximum atomic E-state index is 6.16. The first-order valence-electron chi connectivity index (χ1n) is 10.0. The molecule has 1 saturated heterocycles. The van der Waals surface area contributed by atoms with Crippen molar-refractivity contribution in [2.24, 2.45) is 0 Å². The Kier molecular flexibility index (Phi) is 4.32. The fourth-order valence-electron chi connectivity index (χ4n) is 4.46. The summed E-state index contributed by atoms with van der Waals surface area (Å²) < 4.78 is 6.16. The molecule has 5 nitrogen and oxygen atoms in total. The summed E-state index contributed by atoms with van der Waals surface area (Å²) in [6.07, 6.45) is 6.12. The third-order valence-corrected chi connectivity index (χ3v) is 6.13. The zero-order chi connectivity index (χ0) is 19.1. The molecule has 3 heterocycles. The molecule has 0 bridgehead atoms. The number of benzene rings is 2. The first-order valence-corrected chi connectivity index (χ1v) is 10.0. The van der Waals surface area contributed by atoms with Gasteiger partial charge >= 0.3 is 0 Å². The fraction of sp³-hybridized carbons (Fsp3) is 0.348. The van der Waals surface area contributed by atoms with Crippen molar-refractivity contribution in [1.82, 2.24) is 15.5 Å². The van der Waals surface area contributed by atoms with E-state index < -0.39 is 0 Å². The average Bonchev–Trinajstić information content (AvgIpc) is 3.27. The lowest BCUT2D eigenvalue weighted by molar-refractivity contribution is 0.302. The molecule has 0 amide bonds. The van der Waals surface area contributed by atoms with E-state index in [1.165, 1.54) is 35.2 Å². The van der Waals surface area contributed by atoms with E-state index in [9.17, 15) is 0 Å². The molecular formula is C23H26N4O. The first-order chi connectivity index (χ1) is 13.7. The number of hydrogen-bond donors (Lipinski definition) is 2. The Balaban J connectivity index is 1.44. The minimum absolute atomic E-state index is 0.572. The van der Waals surface area contributed by atoms with Gasteiger partial charge in [-0.05, 0) is 61.2 Å². The van der Waals surface area contributed by atoms with E-state index in [-0.39, 0.29) is 0 Å². The van der Waals surface area contributed by atoms with Gasteiger partial charge in [-0.25, -0.2) is 0 Å². The van der Waals surface area contributed by atoms with Crippen LogP contribution >= 0.6 is 0 Å². The van der Waals surface area contributed by atoms with E-state index in [1.807, 2.05) is 12.4 Å². The van der Waals surface area contributed by atoms with E-state index in [0.717, 1.165) is 23.4 Å². The van der Waals surface area contributed by atoms with Gasteiger partial charge in [0, 0.05) is 48.2 Å². The summed E-state index contributed by atoms with van der Waals surface area (Å²) in [7, 11) is 2.21. The highest BCUT2D eigenvalue weighted by Gasteiger charge is 2.24. The molecule has 5 rings (SSSR count). The number of nitrogens with zero attached hydrogens (tertiary/aromatic N) is 2. The summed E-state index contributed by atoms with van der Waals surface area (Å²) in [6.45, 7) is 3.96. The second-order valence-corrected chi connectivity index (χ2v) is 7.97. The number of rotatable bonds is 3. The van der Waals surface area contributed by atoms with Crippen molar-refractivity contribution in [1.29, 1.82) is 0 Å². The Labute approximate surface area is 165 Å². The molecule has 0 saturated carbocycles. The number of nitrogens with one attached hydrogen (secondary N) is 2. The number of ether oxygens (including phenoxy) is 1. The molecule has 0 radical (unpaired) electrons. The maximum absolute atomic E-state index is 6.16. The third kappa shape index (κ3) is 3.06. The summed E-state index contributed by atoms with van der Waals surface area (Å²) in [5.74, 6) is 0.981. The van der Waals surface area contributed by atoms with Gasteiger partial charge in [0.05, 0.1) is 6.20 Å². The fourth-order valence-corrected chi connectivity index (χ4v) is 4.46. The highest BCUT2D eigenvalue weighted by atomic mass is 16.5. The molecule has 3 aromatic rings. The van der Waals surface area contributed by atoms with Crippen molar-refractivity contribution in [2.75, 3.05) is 18.5 Å². The molecule has 2 aromatic carbocycles. The van der Waals surface area contributed by atoms with Crippen LogP contribution in [0, 0.1) is 0 Å². The van der Waals surface area contributed by atoms with Crippen LogP contribution in [0.25, 0.3) is 22.3 Å². The van der Waals surface area contributed by atoms with Crippen molar-refractivity contribution in [3.05, 3.63) is 54.4 Å². The average molecular weight is 374 g/mol. The Morgan fingerprint density at radius 1 is 1.11 bits per heavy atom. The molecule has 2 N–H and O–H groups in total. The van der Waals surface area contributed by atoms with Gasteiger partial charge in [0.1, 0.15) is 12.4 Å². The SMILES string of the molecule is C[C@@H]1C[C@H](N(C)c2ccc3c(c2)OCc2cc(-c4cn[nH]c4)ccc2-3)CCN1. The van der Waals surface area contributed by atoms with Crippen molar-refractivity contribution in [3.63, 3.8) is 0 Å². The summed E-state index contributed by atoms with van der Waals surface area (Å²) in [5.41, 5.74) is 7.16. The van der Waals surface area contributed by atoms with Crippen LogP contribution in [0.5, 0.6) is 5.75 Å². The largest absolute Gasteiger partial charge is 0.488 e. The summed E-state index contributed by atoms with van der Waals surface area (Å²) in [5, 5.41) is 10.5. The van der Waals surface area contributed by atoms with Gasteiger partial charge in [0.15, 0.2) is 0 Å². The van der Waals surface area contributed by atoms with E-state index in [1.54, 1.807) is 0 Å². The zero-order valence-electron chi connectivity index (χ0n) is 16.4. The molecule has 0 aliphatic carbocycles. The Morgan fingerprint density at radius 2 is 2.00 bits per heavy atom. The number of anilines is 1. The highest BCUT2D eigenvalue weighted by Crippen LogP contribution is 2.41. The lowest BCUT2D eigenvalue weighted by Crippen LogP contribution is -2.45. The van der Waals surface area contributed by atoms with E-state index >= 15 is 0 Å². The Hall–Kier alpha value is -2.79. The van der Waals surface area contributed by atoms with Gasteiger partial charge in [-0.15, -0.1) is 0 Å². The number of hydrogen-bond acceptors (Lipinski definition) is 4. The van der Waals surface area contributed by atoms with Gasteiger partial charge in [-0.2, -0.15) is 5.10 Å². The maximum Gasteiger partial charge on any atom is 0.129 e. The van der Waals surface area contributed by atoms with Crippen LogP contribution in [-0.4, -0.2) is 35.9 Å². The van der Waals surface area contributed by atoms with Crippen LogP contribution in [0.15, 0.2) is 48.8 Å². The number of piperidine rings is 1. The molecule has 0 unspecified atom stereocenters. The van der Waals surface area contributed by atoms with Gasteiger partial charge in [-0.1, -0.05) is 12.1 Å². The number of aromatic amines is 1. The summed E-state index contributed by atoms with van der Waals surface area (Å²) in [4.78, 5) is 2.42. The molecule has 1 fully saturated rings. The number of fused-ring (bicyclic) bond motifs is 3. The molecule has 5 heteroatoms. The van der Waals surface area contributed by atoms with Crippen molar-refractivity contribution in [2.45, 2.75) is 38.5 Å². The Bertz CT molecular complexity index is 982. The lowest BCUT2D eigenvalue weighted by Gasteiger charge is -2.36. The van der Waals surface area contributed by atoms with Crippen LogP contribution in [0.1, 0.15) is 25.3 Å². The molecule has 144 valence electrons. The second-order valence-electron chi connectivity index (χ2n) is 7.97. The van der Waals surface area contributed by atoms with E-state index in [0.29, 0.717) is 18.7 Å². The van der Waals surface area contributed by atoms with Crippen molar-refractivity contribution in [3.8, 4) is 28.0 Å². The molecule has 2 aliphatic rings.